The van der Waals surface area contributed by atoms with E-state index in [1.54, 1.807) is 19.1 Å². The summed E-state index contributed by atoms with van der Waals surface area (Å²) >= 11 is 0. The van der Waals surface area contributed by atoms with Gasteiger partial charge in [-0.3, -0.25) is 9.59 Å². The summed E-state index contributed by atoms with van der Waals surface area (Å²) in [5.41, 5.74) is 2.06. The van der Waals surface area contributed by atoms with E-state index in [0.717, 1.165) is 66.7 Å². The molecule has 2 atom stereocenters. The monoisotopic (exact) mass is 802 g/mol. The van der Waals surface area contributed by atoms with Gasteiger partial charge in [0.1, 0.15) is 29.7 Å². The molecule has 1 unspecified atom stereocenters. The number of methoxy groups -OCH3 is 2. The van der Waals surface area contributed by atoms with E-state index in [-0.39, 0.29) is 23.9 Å². The van der Waals surface area contributed by atoms with Crippen molar-refractivity contribution in [2.45, 2.75) is 103 Å². The predicted molar refractivity (Wildman–Crippen MR) is 226 cm³/mol. The highest BCUT2D eigenvalue weighted by Crippen LogP contribution is 2.46. The fourth-order valence-corrected chi connectivity index (χ4v) is 8.96. The maximum Gasteiger partial charge on any atom is 0.259 e. The predicted octanol–water partition coefficient (Wildman–Crippen LogP) is 8.76. The van der Waals surface area contributed by atoms with Crippen LogP contribution < -0.4 is 14.8 Å². The molecule has 0 spiro atoms. The summed E-state index contributed by atoms with van der Waals surface area (Å²) in [7, 11) is 2.05. The number of nitrogens with zero attached hydrogens (tertiary/aromatic N) is 3. The number of nitrogens with one attached hydrogen (secondary N) is 1. The van der Waals surface area contributed by atoms with E-state index in [1.165, 1.54) is 0 Å². The van der Waals surface area contributed by atoms with Gasteiger partial charge in [-0.15, -0.1) is 0 Å². The maximum atomic E-state index is 13.3. The molecule has 0 aromatic heterocycles. The number of carbonyl (C=O) groups is 2. The van der Waals surface area contributed by atoms with Crippen molar-refractivity contribution in [2.75, 3.05) is 53.7 Å². The minimum absolute atomic E-state index is 0.0341. The van der Waals surface area contributed by atoms with Crippen molar-refractivity contribution in [1.82, 2.24) is 14.9 Å². The first-order valence-corrected chi connectivity index (χ1v) is 21.5. The Labute approximate surface area is 342 Å². The number of likely N-dealkylation sites (tertiary alicyclic amines) is 1. The van der Waals surface area contributed by atoms with Crippen molar-refractivity contribution in [1.29, 1.82) is 0 Å². The van der Waals surface area contributed by atoms with E-state index >= 15 is 0 Å². The zero-order valence-electron chi connectivity index (χ0n) is 34.8. The number of rotatable bonds is 25. The van der Waals surface area contributed by atoms with Gasteiger partial charge in [-0.1, -0.05) is 61.0 Å². The van der Waals surface area contributed by atoms with E-state index < -0.39 is 20.2 Å². The molecule has 0 saturated carbocycles. The molecular weight excluding hydrogens is 739 g/mol. The van der Waals surface area contributed by atoms with Gasteiger partial charge in [0, 0.05) is 38.2 Å². The zero-order chi connectivity index (χ0) is 41.0. The van der Waals surface area contributed by atoms with E-state index in [9.17, 15) is 9.59 Å². The Morgan fingerprint density at radius 2 is 1.39 bits per heavy atom. The molecule has 1 fully saturated rings. The Bertz CT molecular complexity index is 1610. The third-order valence-electron chi connectivity index (χ3n) is 10.1. The lowest BCUT2D eigenvalue weighted by Crippen LogP contribution is -2.46. The van der Waals surface area contributed by atoms with Crippen LogP contribution in [0.25, 0.3) is 4.85 Å². The number of carbonyl (C=O) groups excluding carboxylic acids is 2. The Morgan fingerprint density at radius 1 is 0.807 bits per heavy atom. The van der Waals surface area contributed by atoms with Crippen LogP contribution in [0.3, 0.4) is 0 Å². The first-order valence-electron chi connectivity index (χ1n) is 20.4. The van der Waals surface area contributed by atoms with Crippen LogP contribution in [0.5, 0.6) is 11.5 Å². The lowest BCUT2D eigenvalue weighted by atomic mass is 9.80. The van der Waals surface area contributed by atoms with Crippen LogP contribution >= 0.6 is 8.53 Å². The normalized spacial score (nSPS) is 14.9. The van der Waals surface area contributed by atoms with Gasteiger partial charge in [-0.05, 0) is 107 Å². The topological polar surface area (TPSA) is 103 Å². The molecule has 0 radical (unpaired) electrons. The minimum atomic E-state index is -1.26. The first kappa shape index (κ1) is 45.7. The fraction of sp³-hybridized carbons (Fsp3) is 0.533. The summed E-state index contributed by atoms with van der Waals surface area (Å²) < 4.78 is 32.3. The summed E-state index contributed by atoms with van der Waals surface area (Å²) in [6, 6.07) is 26.3. The van der Waals surface area contributed by atoms with Gasteiger partial charge in [-0.25, -0.2) is 11.2 Å². The highest BCUT2D eigenvalue weighted by molar-refractivity contribution is 7.44. The third-order valence-corrected chi connectivity index (χ3v) is 12.2. The molecule has 2 amide bonds. The number of hydrogen-bond donors (Lipinski definition) is 1. The Kier molecular flexibility index (Phi) is 19.2. The van der Waals surface area contributed by atoms with Crippen LogP contribution in [0.2, 0.25) is 0 Å². The molecule has 1 aliphatic rings. The smallest absolute Gasteiger partial charge is 0.259 e. The van der Waals surface area contributed by atoms with E-state index in [4.69, 9.17) is 29.8 Å². The Balaban J connectivity index is 1.26. The van der Waals surface area contributed by atoms with Crippen LogP contribution in [-0.2, 0) is 29.0 Å². The lowest BCUT2D eigenvalue weighted by Gasteiger charge is -2.36. The maximum absolute atomic E-state index is 13.3. The third kappa shape index (κ3) is 13.0. The minimum Gasteiger partial charge on any atom is -0.497 e. The highest BCUT2D eigenvalue weighted by Gasteiger charge is 2.38. The number of hydrogen-bond acceptors (Lipinski definition) is 8. The van der Waals surface area contributed by atoms with Gasteiger partial charge >= 0.3 is 0 Å². The van der Waals surface area contributed by atoms with Crippen molar-refractivity contribution < 1.29 is 32.8 Å². The molecule has 310 valence electrons. The van der Waals surface area contributed by atoms with Gasteiger partial charge in [0.2, 0.25) is 18.4 Å². The molecule has 1 heterocycles. The SMILES string of the molecule is [C-]#[N+]CCOP(OCCCCCC(=O)N1CCC[C@H]1C(=O)NCCCCOC(c1ccccc1)(c1ccc(OC)cc1)c1ccc(OC)cc1)N(C(C)C)C(C)C. The highest BCUT2D eigenvalue weighted by atomic mass is 31.2. The Morgan fingerprint density at radius 3 is 1.96 bits per heavy atom. The molecule has 1 saturated heterocycles. The quantitative estimate of drug-likeness (QED) is 0.0393. The van der Waals surface area contributed by atoms with Crippen molar-refractivity contribution in [3.63, 3.8) is 0 Å². The molecule has 3 aromatic rings. The molecule has 3 aromatic carbocycles. The van der Waals surface area contributed by atoms with Gasteiger partial charge in [-0.2, -0.15) is 0 Å². The summed E-state index contributed by atoms with van der Waals surface area (Å²) in [4.78, 5) is 31.8. The van der Waals surface area contributed by atoms with Crippen LogP contribution in [-0.4, -0.2) is 93.2 Å². The van der Waals surface area contributed by atoms with Crippen molar-refractivity contribution in [3.8, 4) is 11.5 Å². The van der Waals surface area contributed by atoms with Crippen molar-refractivity contribution in [3.05, 3.63) is 107 Å². The summed E-state index contributed by atoms with van der Waals surface area (Å²) in [5.74, 6) is 1.48. The Hall–Kier alpha value is -4.04. The second-order valence-electron chi connectivity index (χ2n) is 14.8. The molecule has 0 aliphatic carbocycles. The number of ether oxygens (including phenoxy) is 3. The summed E-state index contributed by atoms with van der Waals surface area (Å²) in [5, 5.41) is 3.10. The van der Waals surface area contributed by atoms with Crippen LogP contribution in [0.4, 0.5) is 0 Å². The molecule has 11 nitrogen and oxygen atoms in total. The lowest BCUT2D eigenvalue weighted by molar-refractivity contribution is -0.138. The molecule has 1 N–H and O–H groups in total. The number of unbranched alkanes of at least 4 members (excludes halogenated alkanes) is 3. The largest absolute Gasteiger partial charge is 0.497 e. The molecule has 0 bridgehead atoms. The van der Waals surface area contributed by atoms with Gasteiger partial charge in [0.05, 0.1) is 20.8 Å². The fourth-order valence-electron chi connectivity index (χ4n) is 7.34. The second-order valence-corrected chi connectivity index (χ2v) is 16.2. The van der Waals surface area contributed by atoms with Crippen LogP contribution in [0.15, 0.2) is 78.9 Å². The van der Waals surface area contributed by atoms with E-state index in [1.807, 2.05) is 66.7 Å². The number of benzene rings is 3. The molecule has 12 heteroatoms. The van der Waals surface area contributed by atoms with Gasteiger partial charge < -0.3 is 38.3 Å². The van der Waals surface area contributed by atoms with Gasteiger partial charge in [0.15, 0.2) is 0 Å². The molecule has 1 aliphatic heterocycles. The van der Waals surface area contributed by atoms with Crippen molar-refractivity contribution >= 4 is 20.3 Å². The molecule has 4 rings (SSSR count). The zero-order valence-corrected chi connectivity index (χ0v) is 35.7. The molecule has 57 heavy (non-hydrogen) atoms. The van der Waals surface area contributed by atoms with Gasteiger partial charge in [0.25, 0.3) is 8.53 Å². The van der Waals surface area contributed by atoms with Crippen LogP contribution in [0, 0.1) is 6.57 Å². The summed E-state index contributed by atoms with van der Waals surface area (Å²) in [6.45, 7) is 18.3. The standard InChI is InChI=1S/C45H63N4O7P/c1-35(2)49(36(3)4)57(56-34-30-46-5)55-33-14-9-12-20-43(50)48-31-16-19-42(48)44(51)47-29-13-15-32-54-45(37-17-10-8-11-18-37,38-21-25-40(52-6)26-22-38)39-23-27-41(53-7)28-24-39/h8,10-11,17-18,21-28,35-36,42H,9,12-16,19-20,29-34H2,1-4,6-7H3,(H,47,51)/t42-,57?/m0/s1. The van der Waals surface area contributed by atoms with Crippen LogP contribution in [0.1, 0.15) is 95.8 Å². The summed E-state index contributed by atoms with van der Waals surface area (Å²) in [6.07, 6.45) is 5.74. The number of amides is 2. The first-order chi connectivity index (χ1) is 27.7. The van der Waals surface area contributed by atoms with E-state index in [2.05, 4.69) is 54.7 Å². The second kappa shape index (κ2) is 24.0. The molecular formula is C45H63N4O7P. The van der Waals surface area contributed by atoms with Crippen molar-refractivity contribution in [2.24, 2.45) is 0 Å². The average molecular weight is 803 g/mol. The van der Waals surface area contributed by atoms with E-state index in [0.29, 0.717) is 52.3 Å². The average Bonchev–Trinajstić information content (AvgIpc) is 3.73.